The molecule has 0 aromatic rings. The third kappa shape index (κ3) is 3.48. The van der Waals surface area contributed by atoms with E-state index >= 15 is 0 Å². The summed E-state index contributed by atoms with van der Waals surface area (Å²) in [5.41, 5.74) is 0. The van der Waals surface area contributed by atoms with Crippen molar-refractivity contribution in [1.82, 2.24) is 9.80 Å². The summed E-state index contributed by atoms with van der Waals surface area (Å²) in [5, 5.41) is 0. The van der Waals surface area contributed by atoms with E-state index in [1.807, 2.05) is 0 Å². The molecule has 4 aliphatic heterocycles. The molecule has 4 heterocycles. The number of rotatable bonds is 0. The summed E-state index contributed by atoms with van der Waals surface area (Å²) in [7, 11) is 0. The van der Waals surface area contributed by atoms with Crippen molar-refractivity contribution in [2.24, 2.45) is 11.8 Å². The van der Waals surface area contributed by atoms with Gasteiger partial charge in [-0.15, -0.1) is 0 Å². The lowest BCUT2D eigenvalue weighted by molar-refractivity contribution is -0.0718. The number of fused-ring (bicyclic) bond motifs is 6. The molecule has 4 atom stereocenters. The minimum atomic E-state index is 0.961. The standard InChI is InChI=1S/C15H26N2.CH2I2/c1-3-7-16-11-13-9-12(14(16)5-1)10-17-8-4-2-6-15(13)17;2-1-3/h12-15H,1-11H2;1H2/t12-,13-,14-,15+;/m1./s1. The normalized spacial score (nSPS) is 41.1. The van der Waals surface area contributed by atoms with E-state index in [0.29, 0.717) is 0 Å². The molecule has 0 aromatic carbocycles. The van der Waals surface area contributed by atoms with Crippen LogP contribution in [-0.2, 0) is 0 Å². The first-order chi connectivity index (χ1) is 9.83. The minimum absolute atomic E-state index is 0.961. The maximum Gasteiger partial charge on any atom is 0.0516 e. The third-order valence-electron chi connectivity index (χ3n) is 5.96. The zero-order valence-corrected chi connectivity index (χ0v) is 16.8. The molecule has 4 fully saturated rings. The van der Waals surface area contributed by atoms with Gasteiger partial charge in [-0.05, 0) is 57.0 Å². The molecule has 20 heavy (non-hydrogen) atoms. The second-order valence-electron chi connectivity index (χ2n) is 6.97. The van der Waals surface area contributed by atoms with Gasteiger partial charge in [0.2, 0.25) is 0 Å². The van der Waals surface area contributed by atoms with Crippen LogP contribution >= 0.6 is 45.2 Å². The minimum Gasteiger partial charge on any atom is -0.300 e. The summed E-state index contributed by atoms with van der Waals surface area (Å²) in [6, 6.07) is 1.92. The molecular weight excluding hydrogens is 474 g/mol. The van der Waals surface area contributed by atoms with Crippen LogP contribution in [0.2, 0.25) is 0 Å². The molecule has 0 N–H and O–H groups in total. The van der Waals surface area contributed by atoms with E-state index in [9.17, 15) is 0 Å². The highest BCUT2D eigenvalue weighted by atomic mass is 127. The van der Waals surface area contributed by atoms with Gasteiger partial charge in [0.1, 0.15) is 0 Å². The summed E-state index contributed by atoms with van der Waals surface area (Å²) in [6.45, 7) is 5.68. The second-order valence-corrected chi connectivity index (χ2v) is 11.4. The van der Waals surface area contributed by atoms with Gasteiger partial charge in [-0.3, -0.25) is 9.80 Å². The van der Waals surface area contributed by atoms with Gasteiger partial charge < -0.3 is 0 Å². The predicted molar refractivity (Wildman–Crippen MR) is 103 cm³/mol. The van der Waals surface area contributed by atoms with Crippen LogP contribution in [0.3, 0.4) is 0 Å². The molecule has 0 aliphatic carbocycles. The number of nitrogens with zero attached hydrogens (tertiary/aromatic N) is 2. The van der Waals surface area contributed by atoms with Gasteiger partial charge >= 0.3 is 0 Å². The summed E-state index contributed by atoms with van der Waals surface area (Å²) < 4.78 is 1.19. The van der Waals surface area contributed by atoms with Crippen molar-refractivity contribution in [3.05, 3.63) is 0 Å². The quantitative estimate of drug-likeness (QED) is 0.363. The van der Waals surface area contributed by atoms with Crippen molar-refractivity contribution in [2.75, 3.05) is 28.6 Å². The first-order valence-corrected chi connectivity index (χ1v) is 11.5. The maximum atomic E-state index is 2.87. The molecule has 116 valence electrons. The second kappa shape index (κ2) is 7.77. The third-order valence-corrected chi connectivity index (χ3v) is 5.96. The first-order valence-electron chi connectivity index (χ1n) is 8.43. The fourth-order valence-electron chi connectivity index (χ4n) is 5.25. The molecule has 4 saturated heterocycles. The summed E-state index contributed by atoms with van der Waals surface area (Å²) in [5.74, 6) is 2.03. The van der Waals surface area contributed by atoms with E-state index in [-0.39, 0.29) is 0 Å². The Kier molecular flexibility index (Phi) is 6.31. The summed E-state index contributed by atoms with van der Waals surface area (Å²) in [4.78, 5) is 5.74. The Morgan fingerprint density at radius 1 is 0.750 bits per heavy atom. The molecule has 4 rings (SSSR count). The predicted octanol–water partition coefficient (Wildman–Crippen LogP) is 4.16. The van der Waals surface area contributed by atoms with Gasteiger partial charge in [0.05, 0.1) is 2.43 Å². The number of hydrogen-bond acceptors (Lipinski definition) is 2. The molecule has 0 radical (unpaired) electrons. The van der Waals surface area contributed by atoms with Crippen LogP contribution in [0.4, 0.5) is 0 Å². The molecule has 0 unspecified atom stereocenters. The fraction of sp³-hybridized carbons (Fsp3) is 1.00. The van der Waals surface area contributed by atoms with E-state index in [1.54, 1.807) is 6.42 Å². The van der Waals surface area contributed by atoms with Gasteiger partial charge in [0.25, 0.3) is 0 Å². The molecule has 4 heteroatoms. The van der Waals surface area contributed by atoms with E-state index in [2.05, 4.69) is 55.0 Å². The lowest BCUT2D eigenvalue weighted by Crippen LogP contribution is -2.63. The van der Waals surface area contributed by atoms with E-state index in [1.165, 1.54) is 67.1 Å². The lowest BCUT2D eigenvalue weighted by atomic mass is 9.71. The van der Waals surface area contributed by atoms with Crippen LogP contribution in [0.15, 0.2) is 0 Å². The van der Waals surface area contributed by atoms with Gasteiger partial charge in [0, 0.05) is 25.2 Å². The molecule has 4 aliphatic rings. The van der Waals surface area contributed by atoms with Crippen LogP contribution in [-0.4, -0.2) is 50.5 Å². The van der Waals surface area contributed by atoms with E-state index in [0.717, 1.165) is 23.9 Å². The smallest absolute Gasteiger partial charge is 0.0516 e. The Bertz CT molecular complexity index is 285. The molecule has 0 amide bonds. The van der Waals surface area contributed by atoms with Crippen molar-refractivity contribution >= 4 is 45.2 Å². The Hall–Kier alpha value is 1.38. The largest absolute Gasteiger partial charge is 0.300 e. The Morgan fingerprint density at radius 3 is 1.65 bits per heavy atom. The molecule has 0 saturated carbocycles. The average Bonchev–Trinajstić information content (AvgIpc) is 2.48. The van der Waals surface area contributed by atoms with Crippen molar-refractivity contribution < 1.29 is 0 Å². The molecule has 0 spiro atoms. The van der Waals surface area contributed by atoms with Crippen molar-refractivity contribution in [3.8, 4) is 0 Å². The van der Waals surface area contributed by atoms with Gasteiger partial charge in [0.15, 0.2) is 0 Å². The summed E-state index contributed by atoms with van der Waals surface area (Å²) >= 11 is 4.55. The van der Waals surface area contributed by atoms with Gasteiger partial charge in [-0.25, -0.2) is 0 Å². The first kappa shape index (κ1) is 16.2. The highest BCUT2D eigenvalue weighted by molar-refractivity contribution is 14.2. The molecule has 0 aromatic heterocycles. The van der Waals surface area contributed by atoms with Crippen LogP contribution in [0.1, 0.15) is 44.9 Å². The zero-order chi connectivity index (χ0) is 13.9. The highest BCUT2D eigenvalue weighted by Crippen LogP contribution is 2.42. The Labute approximate surface area is 151 Å². The monoisotopic (exact) mass is 502 g/mol. The highest BCUT2D eigenvalue weighted by Gasteiger charge is 2.46. The van der Waals surface area contributed by atoms with Crippen molar-refractivity contribution in [1.29, 1.82) is 0 Å². The molecule has 2 nitrogen and oxygen atoms in total. The lowest BCUT2D eigenvalue weighted by Gasteiger charge is -2.57. The van der Waals surface area contributed by atoms with E-state index in [4.69, 9.17) is 0 Å². The molecular formula is C16H28I2N2. The number of hydrogen-bond donors (Lipinski definition) is 0. The van der Waals surface area contributed by atoms with E-state index < -0.39 is 0 Å². The maximum absolute atomic E-state index is 2.87. The Morgan fingerprint density at radius 2 is 1.20 bits per heavy atom. The van der Waals surface area contributed by atoms with Crippen molar-refractivity contribution in [3.63, 3.8) is 0 Å². The van der Waals surface area contributed by atoms with Crippen LogP contribution in [0.25, 0.3) is 0 Å². The van der Waals surface area contributed by atoms with Crippen LogP contribution < -0.4 is 0 Å². The summed E-state index contributed by atoms with van der Waals surface area (Å²) in [6.07, 6.45) is 10.5. The number of alkyl halides is 2. The van der Waals surface area contributed by atoms with Crippen molar-refractivity contribution in [2.45, 2.75) is 57.0 Å². The topological polar surface area (TPSA) is 6.48 Å². The number of halogens is 2. The van der Waals surface area contributed by atoms with Crippen LogP contribution in [0.5, 0.6) is 0 Å². The fourth-order valence-corrected chi connectivity index (χ4v) is 5.25. The zero-order valence-electron chi connectivity index (χ0n) is 12.4. The van der Waals surface area contributed by atoms with Crippen LogP contribution in [0, 0.1) is 11.8 Å². The van der Waals surface area contributed by atoms with Gasteiger partial charge in [-0.2, -0.15) is 0 Å². The Balaban J connectivity index is 0.000000373. The number of piperidine rings is 4. The average molecular weight is 502 g/mol. The molecule has 2 bridgehead atoms. The van der Waals surface area contributed by atoms with Gasteiger partial charge in [-0.1, -0.05) is 58.0 Å². The SMILES string of the molecule is C1CCN2C[C@H]3C[C@H](CN4CCCC[C@@H]34)[C@H]2C1.ICI.